The average Bonchev–Trinajstić information content (AvgIpc) is 2.99. The molecule has 0 aliphatic carbocycles. The highest BCUT2D eigenvalue weighted by Crippen LogP contribution is 2.23. The molecular formula is C33H40N4O6S. The molecule has 1 saturated heterocycles. The minimum atomic E-state index is -3.91. The van der Waals surface area contributed by atoms with Gasteiger partial charge in [0.15, 0.2) is 0 Å². The first-order valence-corrected chi connectivity index (χ1v) is 16.2. The molecule has 10 nitrogen and oxygen atoms in total. The molecular weight excluding hydrogens is 580 g/mol. The van der Waals surface area contributed by atoms with E-state index in [2.05, 4.69) is 15.4 Å². The lowest BCUT2D eigenvalue weighted by molar-refractivity contribution is -0.120. The number of sulfonamides is 1. The monoisotopic (exact) mass is 620 g/mol. The molecule has 3 aromatic carbocycles. The van der Waals surface area contributed by atoms with Crippen LogP contribution in [0.3, 0.4) is 0 Å². The topological polar surface area (TPSA) is 134 Å². The van der Waals surface area contributed by atoms with Gasteiger partial charge in [0.2, 0.25) is 5.91 Å². The molecule has 44 heavy (non-hydrogen) atoms. The summed E-state index contributed by atoms with van der Waals surface area (Å²) in [6.45, 7) is 6.86. The molecule has 0 unspecified atom stereocenters. The Morgan fingerprint density at radius 1 is 0.864 bits per heavy atom. The largest absolute Gasteiger partial charge is 0.444 e. The number of nitrogens with zero attached hydrogens (tertiary/aromatic N) is 1. The smallest absolute Gasteiger partial charge is 0.410 e. The molecule has 0 radical (unpaired) electrons. The van der Waals surface area contributed by atoms with Gasteiger partial charge in [0, 0.05) is 25.2 Å². The zero-order valence-corrected chi connectivity index (χ0v) is 26.2. The molecule has 11 heteroatoms. The van der Waals surface area contributed by atoms with E-state index in [0.717, 1.165) is 24.0 Å². The van der Waals surface area contributed by atoms with E-state index in [9.17, 15) is 22.8 Å². The average molecular weight is 621 g/mol. The molecule has 1 fully saturated rings. The summed E-state index contributed by atoms with van der Waals surface area (Å²) in [7, 11) is -3.91. The highest BCUT2D eigenvalue weighted by atomic mass is 32.2. The number of carbonyl (C=O) groups is 3. The number of ether oxygens (including phenoxy) is 1. The van der Waals surface area contributed by atoms with Crippen LogP contribution in [0.15, 0.2) is 83.8 Å². The van der Waals surface area contributed by atoms with Crippen LogP contribution >= 0.6 is 0 Å². The Labute approximate surface area is 259 Å². The SMILES string of the molecule is CC(C)(C)OC(=O)N1CCC(CNC(=O)CNC(=O)c2ccc(S(=O)(=O)Nc3ccccc3Cc3ccccc3)cc2)CC1. The van der Waals surface area contributed by atoms with E-state index >= 15 is 0 Å². The molecule has 0 atom stereocenters. The maximum absolute atomic E-state index is 13.1. The molecule has 1 aliphatic rings. The Hall–Kier alpha value is -4.38. The van der Waals surface area contributed by atoms with Gasteiger partial charge in [0.25, 0.3) is 15.9 Å². The Bertz CT molecular complexity index is 1550. The summed E-state index contributed by atoms with van der Waals surface area (Å²) in [5.41, 5.74) is 2.07. The summed E-state index contributed by atoms with van der Waals surface area (Å²) in [4.78, 5) is 38.9. The number of carbonyl (C=O) groups excluding carboxylic acids is 3. The first kappa shape index (κ1) is 32.5. The van der Waals surface area contributed by atoms with Crippen LogP contribution in [0.5, 0.6) is 0 Å². The number of amides is 3. The third-order valence-electron chi connectivity index (χ3n) is 7.19. The van der Waals surface area contributed by atoms with Crippen molar-refractivity contribution in [1.82, 2.24) is 15.5 Å². The molecule has 3 aromatic rings. The quantitative estimate of drug-likeness (QED) is 0.304. The summed E-state index contributed by atoms with van der Waals surface area (Å²) < 4.78 is 34.3. The summed E-state index contributed by atoms with van der Waals surface area (Å²) in [6, 6.07) is 22.6. The molecule has 0 aromatic heterocycles. The predicted molar refractivity (Wildman–Crippen MR) is 169 cm³/mol. The Morgan fingerprint density at radius 3 is 2.16 bits per heavy atom. The highest BCUT2D eigenvalue weighted by Gasteiger charge is 2.27. The fourth-order valence-corrected chi connectivity index (χ4v) is 5.91. The van der Waals surface area contributed by atoms with Crippen LogP contribution < -0.4 is 15.4 Å². The van der Waals surface area contributed by atoms with Crippen LogP contribution in [-0.2, 0) is 26.0 Å². The number of benzene rings is 3. The van der Waals surface area contributed by atoms with Gasteiger partial charge in [-0.2, -0.15) is 0 Å². The van der Waals surface area contributed by atoms with Gasteiger partial charge in [-0.15, -0.1) is 0 Å². The standard InChI is InChI=1S/C33H40N4O6S/c1-33(2,3)43-32(40)37-19-17-25(18-20-37)22-34-30(38)23-35-31(39)26-13-15-28(16-14-26)44(41,42)36-29-12-8-7-11-27(29)21-24-9-5-4-6-10-24/h4-16,25,36H,17-23H2,1-3H3,(H,34,38)(H,35,39). The van der Waals surface area contributed by atoms with Gasteiger partial charge < -0.3 is 20.3 Å². The minimum absolute atomic E-state index is 0.0130. The van der Waals surface area contributed by atoms with Gasteiger partial charge in [-0.25, -0.2) is 13.2 Å². The van der Waals surface area contributed by atoms with Crippen molar-refractivity contribution in [3.05, 3.63) is 95.6 Å². The van der Waals surface area contributed by atoms with Crippen LogP contribution in [0.1, 0.15) is 55.1 Å². The number of nitrogens with one attached hydrogen (secondary N) is 3. The van der Waals surface area contributed by atoms with E-state index in [1.807, 2.05) is 63.2 Å². The van der Waals surface area contributed by atoms with Crippen molar-refractivity contribution in [1.29, 1.82) is 0 Å². The zero-order chi connectivity index (χ0) is 31.7. The zero-order valence-electron chi connectivity index (χ0n) is 25.3. The van der Waals surface area contributed by atoms with Crippen LogP contribution in [0, 0.1) is 5.92 Å². The van der Waals surface area contributed by atoms with E-state index in [0.29, 0.717) is 31.7 Å². The molecule has 0 bridgehead atoms. The third-order valence-corrected chi connectivity index (χ3v) is 8.57. The molecule has 1 aliphatic heterocycles. The lowest BCUT2D eigenvalue weighted by atomic mass is 9.97. The van der Waals surface area contributed by atoms with Crippen molar-refractivity contribution in [2.45, 2.75) is 50.5 Å². The summed E-state index contributed by atoms with van der Waals surface area (Å²) in [5, 5.41) is 5.41. The van der Waals surface area contributed by atoms with Crippen molar-refractivity contribution in [2.75, 3.05) is 30.9 Å². The van der Waals surface area contributed by atoms with Gasteiger partial charge in [-0.1, -0.05) is 48.5 Å². The second-order valence-electron chi connectivity index (χ2n) is 11.8. The van der Waals surface area contributed by atoms with E-state index in [1.165, 1.54) is 24.3 Å². The van der Waals surface area contributed by atoms with Gasteiger partial charge in [0.1, 0.15) is 5.60 Å². The van der Waals surface area contributed by atoms with Gasteiger partial charge in [-0.05, 0) is 87.4 Å². The van der Waals surface area contributed by atoms with Crippen molar-refractivity contribution >= 4 is 33.6 Å². The van der Waals surface area contributed by atoms with Gasteiger partial charge in [0.05, 0.1) is 17.1 Å². The summed E-state index contributed by atoms with van der Waals surface area (Å²) in [6.07, 6.45) is 1.73. The maximum atomic E-state index is 13.1. The fourth-order valence-electron chi connectivity index (χ4n) is 4.81. The van der Waals surface area contributed by atoms with Crippen LogP contribution in [-0.4, -0.2) is 63.0 Å². The first-order chi connectivity index (χ1) is 20.9. The van der Waals surface area contributed by atoms with Crippen molar-refractivity contribution in [3.8, 4) is 0 Å². The normalized spacial score (nSPS) is 14.0. The molecule has 1 heterocycles. The number of hydrogen-bond acceptors (Lipinski definition) is 6. The van der Waals surface area contributed by atoms with Gasteiger partial charge >= 0.3 is 6.09 Å². The fraction of sp³-hybridized carbons (Fsp3) is 0.364. The number of hydrogen-bond donors (Lipinski definition) is 3. The number of anilines is 1. The van der Waals surface area contributed by atoms with E-state index in [4.69, 9.17) is 4.74 Å². The highest BCUT2D eigenvalue weighted by molar-refractivity contribution is 7.92. The first-order valence-electron chi connectivity index (χ1n) is 14.7. The number of rotatable bonds is 10. The van der Waals surface area contributed by atoms with E-state index in [1.54, 1.807) is 17.0 Å². The number of para-hydroxylation sites is 1. The molecule has 3 amide bonds. The molecule has 234 valence electrons. The van der Waals surface area contributed by atoms with Crippen LogP contribution in [0.25, 0.3) is 0 Å². The molecule has 4 rings (SSSR count). The lowest BCUT2D eigenvalue weighted by Crippen LogP contribution is -2.44. The van der Waals surface area contributed by atoms with Crippen LogP contribution in [0.2, 0.25) is 0 Å². The Kier molecular flexibility index (Phi) is 10.6. The van der Waals surface area contributed by atoms with Crippen molar-refractivity contribution in [3.63, 3.8) is 0 Å². The maximum Gasteiger partial charge on any atom is 0.410 e. The van der Waals surface area contributed by atoms with Crippen LogP contribution in [0.4, 0.5) is 10.5 Å². The molecule has 0 spiro atoms. The third kappa shape index (κ3) is 9.57. The summed E-state index contributed by atoms with van der Waals surface area (Å²) in [5.74, 6) is -0.594. The van der Waals surface area contributed by atoms with Crippen molar-refractivity contribution < 1.29 is 27.5 Å². The van der Waals surface area contributed by atoms with E-state index < -0.39 is 21.5 Å². The Morgan fingerprint density at radius 2 is 1.50 bits per heavy atom. The lowest BCUT2D eigenvalue weighted by Gasteiger charge is -2.33. The molecule has 3 N–H and O–H groups in total. The molecule has 0 saturated carbocycles. The van der Waals surface area contributed by atoms with Gasteiger partial charge in [-0.3, -0.25) is 14.3 Å². The van der Waals surface area contributed by atoms with E-state index in [-0.39, 0.29) is 34.9 Å². The number of likely N-dealkylation sites (tertiary alicyclic amines) is 1. The minimum Gasteiger partial charge on any atom is -0.444 e. The number of piperidine rings is 1. The Balaban J connectivity index is 1.23. The second-order valence-corrected chi connectivity index (χ2v) is 13.5. The summed E-state index contributed by atoms with van der Waals surface area (Å²) >= 11 is 0. The van der Waals surface area contributed by atoms with Crippen molar-refractivity contribution in [2.24, 2.45) is 5.92 Å². The second kappa shape index (κ2) is 14.4. The predicted octanol–water partition coefficient (Wildman–Crippen LogP) is 4.57.